The summed E-state index contributed by atoms with van der Waals surface area (Å²) in [6.45, 7) is 8.08. The van der Waals surface area contributed by atoms with Crippen molar-refractivity contribution in [2.24, 2.45) is 11.8 Å². The first-order valence-corrected chi connectivity index (χ1v) is 7.97. The van der Waals surface area contributed by atoms with Crippen LogP contribution in [0.5, 0.6) is 0 Å². The molecule has 1 saturated heterocycles. The Balaban J connectivity index is 1.58. The van der Waals surface area contributed by atoms with Crippen molar-refractivity contribution in [2.45, 2.75) is 45.7 Å². The second-order valence-electron chi connectivity index (χ2n) is 5.95. The largest absolute Gasteiger partial charge is 0.348 e. The summed E-state index contributed by atoms with van der Waals surface area (Å²) in [5, 5.41) is 4.78. The molecular formula is C14H23N3S. The lowest BCUT2D eigenvalue weighted by Gasteiger charge is -2.35. The highest BCUT2D eigenvalue weighted by Gasteiger charge is 2.25. The highest BCUT2D eigenvalue weighted by molar-refractivity contribution is 7.15. The lowest BCUT2D eigenvalue weighted by atomic mass is 9.89. The average Bonchev–Trinajstić information content (AvgIpc) is 3.08. The smallest absolute Gasteiger partial charge is 0.185 e. The van der Waals surface area contributed by atoms with Gasteiger partial charge in [0.1, 0.15) is 0 Å². The molecule has 1 aromatic rings. The van der Waals surface area contributed by atoms with Crippen molar-refractivity contribution in [3.05, 3.63) is 11.1 Å². The van der Waals surface area contributed by atoms with Crippen LogP contribution in [0.25, 0.3) is 0 Å². The Morgan fingerprint density at radius 3 is 2.89 bits per heavy atom. The molecule has 2 unspecified atom stereocenters. The van der Waals surface area contributed by atoms with Crippen molar-refractivity contribution in [3.63, 3.8) is 0 Å². The molecule has 1 aromatic heterocycles. The maximum absolute atomic E-state index is 4.60. The Morgan fingerprint density at radius 2 is 2.17 bits per heavy atom. The van der Waals surface area contributed by atoms with Gasteiger partial charge in [-0.15, -0.1) is 11.3 Å². The standard InChI is InChI=1S/C14H23N3S/c1-10-5-6-17(9-11(10)2)14-16-8-13(18-14)7-15-12-3-4-12/h8,10-12,15H,3-7,9H2,1-2H3. The van der Waals surface area contributed by atoms with E-state index in [4.69, 9.17) is 0 Å². The van der Waals surface area contributed by atoms with Gasteiger partial charge in [0.25, 0.3) is 0 Å². The highest BCUT2D eigenvalue weighted by Crippen LogP contribution is 2.30. The van der Waals surface area contributed by atoms with Gasteiger partial charge in [-0.05, 0) is 31.1 Å². The van der Waals surface area contributed by atoms with E-state index in [1.807, 2.05) is 11.3 Å². The highest BCUT2D eigenvalue weighted by atomic mass is 32.1. The van der Waals surface area contributed by atoms with Gasteiger partial charge in [0.05, 0.1) is 0 Å². The summed E-state index contributed by atoms with van der Waals surface area (Å²) in [7, 11) is 0. The molecule has 1 N–H and O–H groups in total. The van der Waals surface area contributed by atoms with Crippen molar-refractivity contribution in [2.75, 3.05) is 18.0 Å². The number of hydrogen-bond acceptors (Lipinski definition) is 4. The van der Waals surface area contributed by atoms with Gasteiger partial charge in [-0.3, -0.25) is 0 Å². The molecule has 0 radical (unpaired) electrons. The van der Waals surface area contributed by atoms with Crippen LogP contribution in [0.4, 0.5) is 5.13 Å². The van der Waals surface area contributed by atoms with E-state index in [0.29, 0.717) is 0 Å². The molecule has 1 saturated carbocycles. The molecule has 0 bridgehead atoms. The van der Waals surface area contributed by atoms with Gasteiger partial charge in [0, 0.05) is 36.8 Å². The molecule has 1 aliphatic heterocycles. The van der Waals surface area contributed by atoms with E-state index in [2.05, 4.69) is 35.2 Å². The van der Waals surface area contributed by atoms with E-state index in [1.165, 1.54) is 42.4 Å². The van der Waals surface area contributed by atoms with Crippen LogP contribution in [0, 0.1) is 11.8 Å². The molecule has 18 heavy (non-hydrogen) atoms. The third kappa shape index (κ3) is 2.86. The Hall–Kier alpha value is -0.610. The maximum atomic E-state index is 4.60. The van der Waals surface area contributed by atoms with Crippen molar-refractivity contribution < 1.29 is 0 Å². The van der Waals surface area contributed by atoms with Crippen LogP contribution in [0.15, 0.2) is 6.20 Å². The molecule has 0 spiro atoms. The number of nitrogens with one attached hydrogen (secondary N) is 1. The predicted molar refractivity (Wildman–Crippen MR) is 77.1 cm³/mol. The van der Waals surface area contributed by atoms with Crippen molar-refractivity contribution in [3.8, 4) is 0 Å². The van der Waals surface area contributed by atoms with Gasteiger partial charge in [-0.2, -0.15) is 0 Å². The van der Waals surface area contributed by atoms with Crippen LogP contribution in [0.2, 0.25) is 0 Å². The monoisotopic (exact) mass is 265 g/mol. The number of nitrogens with zero attached hydrogens (tertiary/aromatic N) is 2. The molecule has 2 atom stereocenters. The first-order valence-electron chi connectivity index (χ1n) is 7.15. The summed E-state index contributed by atoms with van der Waals surface area (Å²) in [5.74, 6) is 1.65. The van der Waals surface area contributed by atoms with Crippen LogP contribution in [0.3, 0.4) is 0 Å². The summed E-state index contributed by atoms with van der Waals surface area (Å²) in [6, 6.07) is 0.784. The minimum atomic E-state index is 0.784. The minimum Gasteiger partial charge on any atom is -0.348 e. The van der Waals surface area contributed by atoms with Crippen LogP contribution in [-0.4, -0.2) is 24.1 Å². The van der Waals surface area contributed by atoms with Gasteiger partial charge in [0.15, 0.2) is 5.13 Å². The molecule has 2 aliphatic rings. The van der Waals surface area contributed by atoms with Crippen LogP contribution < -0.4 is 10.2 Å². The molecule has 2 fully saturated rings. The normalized spacial score (nSPS) is 28.7. The lowest BCUT2D eigenvalue weighted by molar-refractivity contribution is 0.324. The molecule has 3 nitrogen and oxygen atoms in total. The molecule has 100 valence electrons. The third-order valence-corrected chi connectivity index (χ3v) is 5.35. The Labute approximate surface area is 114 Å². The molecule has 4 heteroatoms. The van der Waals surface area contributed by atoms with E-state index in [-0.39, 0.29) is 0 Å². The van der Waals surface area contributed by atoms with Crippen LogP contribution in [0.1, 0.15) is 38.0 Å². The van der Waals surface area contributed by atoms with Crippen LogP contribution in [-0.2, 0) is 6.54 Å². The maximum Gasteiger partial charge on any atom is 0.185 e. The summed E-state index contributed by atoms with van der Waals surface area (Å²) >= 11 is 1.86. The Bertz CT molecular complexity index is 399. The zero-order valence-corrected chi connectivity index (χ0v) is 12.2. The lowest BCUT2D eigenvalue weighted by Crippen LogP contribution is -2.38. The van der Waals surface area contributed by atoms with Crippen LogP contribution >= 0.6 is 11.3 Å². The van der Waals surface area contributed by atoms with Gasteiger partial charge >= 0.3 is 0 Å². The van der Waals surface area contributed by atoms with Gasteiger partial charge in [0.2, 0.25) is 0 Å². The first-order chi connectivity index (χ1) is 8.72. The Morgan fingerprint density at radius 1 is 1.33 bits per heavy atom. The van der Waals surface area contributed by atoms with E-state index >= 15 is 0 Å². The SMILES string of the molecule is CC1CCN(c2ncc(CNC3CC3)s2)CC1C. The number of anilines is 1. The summed E-state index contributed by atoms with van der Waals surface area (Å²) in [5.41, 5.74) is 0. The predicted octanol–water partition coefficient (Wildman–Crippen LogP) is 2.88. The minimum absolute atomic E-state index is 0.784. The van der Waals surface area contributed by atoms with E-state index in [0.717, 1.165) is 24.4 Å². The average molecular weight is 265 g/mol. The second kappa shape index (κ2) is 5.17. The summed E-state index contributed by atoms with van der Waals surface area (Å²) in [4.78, 5) is 8.45. The van der Waals surface area contributed by atoms with Gasteiger partial charge in [-0.25, -0.2) is 4.98 Å². The topological polar surface area (TPSA) is 28.2 Å². The number of hydrogen-bond donors (Lipinski definition) is 1. The van der Waals surface area contributed by atoms with E-state index in [9.17, 15) is 0 Å². The number of aromatic nitrogens is 1. The van der Waals surface area contributed by atoms with Crippen molar-refractivity contribution >= 4 is 16.5 Å². The van der Waals surface area contributed by atoms with Gasteiger partial charge < -0.3 is 10.2 Å². The fraction of sp³-hybridized carbons (Fsp3) is 0.786. The van der Waals surface area contributed by atoms with E-state index in [1.54, 1.807) is 0 Å². The molecule has 0 amide bonds. The van der Waals surface area contributed by atoms with Gasteiger partial charge in [-0.1, -0.05) is 13.8 Å². The second-order valence-corrected chi connectivity index (χ2v) is 7.05. The first kappa shape index (κ1) is 12.4. The zero-order chi connectivity index (χ0) is 12.5. The van der Waals surface area contributed by atoms with Crippen molar-refractivity contribution in [1.82, 2.24) is 10.3 Å². The molecular weight excluding hydrogens is 242 g/mol. The fourth-order valence-electron chi connectivity index (χ4n) is 2.49. The molecule has 0 aromatic carbocycles. The van der Waals surface area contributed by atoms with E-state index < -0.39 is 0 Å². The number of piperidine rings is 1. The molecule has 3 rings (SSSR count). The zero-order valence-electron chi connectivity index (χ0n) is 11.4. The third-order valence-electron chi connectivity index (χ3n) is 4.29. The summed E-state index contributed by atoms with van der Waals surface area (Å²) < 4.78 is 0. The fourth-order valence-corrected chi connectivity index (χ4v) is 3.39. The molecule has 2 heterocycles. The van der Waals surface area contributed by atoms with Crippen molar-refractivity contribution in [1.29, 1.82) is 0 Å². The quantitative estimate of drug-likeness (QED) is 0.907. The summed E-state index contributed by atoms with van der Waals surface area (Å²) in [6.07, 6.45) is 6.06. The number of rotatable bonds is 4. The Kier molecular flexibility index (Phi) is 3.57. The molecule has 1 aliphatic carbocycles. The number of thiazole rings is 1.